The minimum Gasteiger partial charge on any atom is -0.222 e. The summed E-state index contributed by atoms with van der Waals surface area (Å²) < 4.78 is 23.0. The smallest absolute Gasteiger partial charge is 0.201 e. The van der Waals surface area contributed by atoms with Gasteiger partial charge in [-0.15, -0.1) is 0 Å². The molecule has 0 heterocycles. The van der Waals surface area contributed by atoms with Gasteiger partial charge in [0.25, 0.3) is 0 Å². The third-order valence-electron chi connectivity index (χ3n) is 2.28. The number of sulfone groups is 1. The third kappa shape index (κ3) is 2.17. The van der Waals surface area contributed by atoms with Crippen molar-refractivity contribution >= 4 is 52.5 Å². The molecule has 84 valence electrons. The third-order valence-corrected chi connectivity index (χ3v) is 6.62. The molecule has 2 rings (SSSR count). The summed E-state index contributed by atoms with van der Waals surface area (Å²) in [6.45, 7) is 0. The summed E-state index contributed by atoms with van der Waals surface area (Å²) in [5.41, 5.74) is 0. The predicted octanol–water partition coefficient (Wildman–Crippen LogP) is 3.69. The quantitative estimate of drug-likeness (QED) is 0.762. The van der Waals surface area contributed by atoms with Crippen molar-refractivity contribution in [1.82, 2.24) is 0 Å². The zero-order chi connectivity index (χ0) is 11.8. The SMILES string of the molecule is O=S(=O)(c1ccc2ccccc2c1)C(Br)Br. The van der Waals surface area contributed by atoms with Gasteiger partial charge in [0.2, 0.25) is 9.84 Å². The topological polar surface area (TPSA) is 34.1 Å². The maximum atomic E-state index is 11.9. The molecule has 0 aliphatic rings. The summed E-state index contributed by atoms with van der Waals surface area (Å²) in [5.74, 6) is 0. The van der Waals surface area contributed by atoms with Crippen molar-refractivity contribution in [2.45, 2.75) is 7.96 Å². The second-order valence-corrected chi connectivity index (χ2v) is 9.62. The van der Waals surface area contributed by atoms with Gasteiger partial charge in [-0.25, -0.2) is 8.42 Å². The van der Waals surface area contributed by atoms with E-state index in [1.165, 1.54) is 0 Å². The summed E-state index contributed by atoms with van der Waals surface area (Å²) in [4.78, 5) is 0.310. The van der Waals surface area contributed by atoms with Crippen LogP contribution in [0, 0.1) is 0 Å². The first kappa shape index (κ1) is 12.1. The molecule has 2 aromatic carbocycles. The van der Waals surface area contributed by atoms with Crippen LogP contribution in [-0.2, 0) is 9.84 Å². The van der Waals surface area contributed by atoms with Gasteiger partial charge >= 0.3 is 0 Å². The molecule has 2 aromatic rings. The number of rotatable bonds is 2. The summed E-state index contributed by atoms with van der Waals surface area (Å²) in [6.07, 6.45) is 0. The van der Waals surface area contributed by atoms with Crippen LogP contribution in [0.2, 0.25) is 0 Å². The van der Waals surface area contributed by atoms with Crippen molar-refractivity contribution in [3.63, 3.8) is 0 Å². The molecule has 2 nitrogen and oxygen atoms in total. The van der Waals surface area contributed by atoms with Gasteiger partial charge in [0.1, 0.15) is 0 Å². The molecule has 0 fully saturated rings. The van der Waals surface area contributed by atoms with E-state index in [1.807, 2.05) is 30.3 Å². The molecule has 0 N–H and O–H groups in total. The monoisotopic (exact) mass is 362 g/mol. The Morgan fingerprint density at radius 3 is 2.19 bits per heavy atom. The van der Waals surface area contributed by atoms with Gasteiger partial charge < -0.3 is 0 Å². The van der Waals surface area contributed by atoms with E-state index in [0.29, 0.717) is 4.90 Å². The normalized spacial score (nSPS) is 12.2. The average molecular weight is 364 g/mol. The second-order valence-electron chi connectivity index (χ2n) is 3.31. The van der Waals surface area contributed by atoms with Crippen molar-refractivity contribution < 1.29 is 8.42 Å². The molecule has 0 aliphatic carbocycles. The Morgan fingerprint density at radius 2 is 1.56 bits per heavy atom. The van der Waals surface area contributed by atoms with Crippen molar-refractivity contribution in [1.29, 1.82) is 0 Å². The second kappa shape index (κ2) is 4.47. The minimum atomic E-state index is -3.34. The standard InChI is InChI=1S/C11H8Br2O2S/c12-11(13)16(14,15)10-6-5-8-3-1-2-4-9(8)7-10/h1-7,11H. The van der Waals surface area contributed by atoms with Crippen molar-refractivity contribution in [3.05, 3.63) is 42.5 Å². The fourth-order valence-electron chi connectivity index (χ4n) is 1.45. The Kier molecular flexibility index (Phi) is 3.37. The van der Waals surface area contributed by atoms with Crippen molar-refractivity contribution in [2.24, 2.45) is 0 Å². The Balaban J connectivity index is 2.65. The fraction of sp³-hybridized carbons (Fsp3) is 0.0909. The van der Waals surface area contributed by atoms with Gasteiger partial charge in [-0.3, -0.25) is 0 Å². The zero-order valence-electron chi connectivity index (χ0n) is 8.10. The van der Waals surface area contributed by atoms with E-state index in [9.17, 15) is 8.42 Å². The lowest BCUT2D eigenvalue weighted by Crippen LogP contribution is -2.08. The van der Waals surface area contributed by atoms with Gasteiger partial charge in [-0.05, 0) is 22.9 Å². The van der Waals surface area contributed by atoms with Gasteiger partial charge in [0, 0.05) is 0 Å². The molecule has 0 aliphatic heterocycles. The summed E-state index contributed by atoms with van der Waals surface area (Å²) in [7, 11) is -3.34. The Labute approximate surface area is 111 Å². The average Bonchev–Trinajstić information content (AvgIpc) is 2.28. The van der Waals surface area contributed by atoms with Gasteiger partial charge in [0.15, 0.2) is 3.07 Å². The van der Waals surface area contributed by atoms with Gasteiger partial charge in [-0.2, -0.15) is 0 Å². The van der Waals surface area contributed by atoms with Crippen LogP contribution in [0.3, 0.4) is 0 Å². The first-order valence-corrected chi connectivity index (χ1v) is 7.90. The zero-order valence-corrected chi connectivity index (χ0v) is 12.1. The highest BCUT2D eigenvalue weighted by Gasteiger charge is 2.22. The molecule has 5 heteroatoms. The van der Waals surface area contributed by atoms with Crippen LogP contribution in [0.25, 0.3) is 10.8 Å². The first-order chi connectivity index (χ1) is 7.51. The minimum absolute atomic E-state index is 0.310. The molecular weight excluding hydrogens is 356 g/mol. The van der Waals surface area contributed by atoms with Crippen LogP contribution in [0.1, 0.15) is 0 Å². The van der Waals surface area contributed by atoms with E-state index in [4.69, 9.17) is 0 Å². The van der Waals surface area contributed by atoms with Crippen molar-refractivity contribution in [2.75, 3.05) is 0 Å². The Bertz CT molecular complexity index is 621. The van der Waals surface area contributed by atoms with Crippen LogP contribution in [0.15, 0.2) is 47.4 Å². The first-order valence-electron chi connectivity index (χ1n) is 4.52. The maximum absolute atomic E-state index is 11.9. The molecule has 0 unspecified atom stereocenters. The lowest BCUT2D eigenvalue weighted by atomic mass is 10.1. The van der Waals surface area contributed by atoms with Crippen LogP contribution in [0.5, 0.6) is 0 Å². The molecular formula is C11H8Br2O2S. The Hall–Kier alpha value is -0.390. The highest BCUT2D eigenvalue weighted by atomic mass is 79.9. The summed E-state index contributed by atoms with van der Waals surface area (Å²) in [5, 5.41) is 1.95. The molecule has 0 saturated heterocycles. The van der Waals surface area contributed by atoms with Crippen LogP contribution in [0.4, 0.5) is 0 Å². The molecule has 0 amide bonds. The van der Waals surface area contributed by atoms with E-state index < -0.39 is 12.9 Å². The van der Waals surface area contributed by atoms with Gasteiger partial charge in [-0.1, -0.05) is 62.2 Å². The predicted molar refractivity (Wildman–Crippen MR) is 72.8 cm³/mol. The largest absolute Gasteiger partial charge is 0.222 e. The summed E-state index contributed by atoms with van der Waals surface area (Å²) in [6, 6.07) is 12.8. The maximum Gasteiger partial charge on any atom is 0.201 e. The van der Waals surface area contributed by atoms with E-state index in [2.05, 4.69) is 31.9 Å². The molecule has 0 radical (unpaired) electrons. The summed E-state index contributed by atoms with van der Waals surface area (Å²) >= 11 is 6.05. The molecule has 0 saturated carbocycles. The molecule has 0 aromatic heterocycles. The number of halogens is 2. The Morgan fingerprint density at radius 1 is 0.938 bits per heavy atom. The van der Waals surface area contributed by atoms with Crippen molar-refractivity contribution in [3.8, 4) is 0 Å². The number of hydrogen-bond acceptors (Lipinski definition) is 2. The van der Waals surface area contributed by atoms with E-state index >= 15 is 0 Å². The molecule has 0 atom stereocenters. The fourth-order valence-corrected chi connectivity index (χ4v) is 3.50. The number of benzene rings is 2. The molecule has 0 spiro atoms. The van der Waals surface area contributed by atoms with Crippen LogP contribution in [-0.4, -0.2) is 11.5 Å². The lowest BCUT2D eigenvalue weighted by Gasteiger charge is -2.06. The van der Waals surface area contributed by atoms with Gasteiger partial charge in [0.05, 0.1) is 4.90 Å². The number of hydrogen-bond donors (Lipinski definition) is 0. The molecule has 0 bridgehead atoms. The number of alkyl halides is 2. The molecule has 16 heavy (non-hydrogen) atoms. The van der Waals surface area contributed by atoms with E-state index in [-0.39, 0.29) is 0 Å². The highest BCUT2D eigenvalue weighted by molar-refractivity contribution is 9.27. The van der Waals surface area contributed by atoms with Crippen LogP contribution >= 0.6 is 31.9 Å². The van der Waals surface area contributed by atoms with E-state index in [1.54, 1.807) is 12.1 Å². The number of fused-ring (bicyclic) bond motifs is 1. The lowest BCUT2D eigenvalue weighted by molar-refractivity contribution is 0.600. The highest BCUT2D eigenvalue weighted by Crippen LogP contribution is 2.27. The van der Waals surface area contributed by atoms with E-state index in [0.717, 1.165) is 10.8 Å². The van der Waals surface area contributed by atoms with Crippen LogP contribution < -0.4 is 0 Å².